The van der Waals surface area contributed by atoms with Crippen molar-refractivity contribution in [1.29, 1.82) is 0 Å². The maximum Gasteiger partial charge on any atom is 0.151 e. The van der Waals surface area contributed by atoms with Crippen LogP contribution >= 0.6 is 0 Å². The van der Waals surface area contributed by atoms with Crippen molar-refractivity contribution in [3.05, 3.63) is 42.2 Å². The van der Waals surface area contributed by atoms with Crippen molar-refractivity contribution in [3.8, 4) is 11.3 Å². The van der Waals surface area contributed by atoms with E-state index in [4.69, 9.17) is 9.26 Å². The Balaban J connectivity index is 1.60. The van der Waals surface area contributed by atoms with Crippen LogP contribution in [0.25, 0.3) is 11.3 Å². The molecule has 2 heterocycles. The van der Waals surface area contributed by atoms with E-state index in [1.807, 2.05) is 36.4 Å². The number of morpholine rings is 1. The van der Waals surface area contributed by atoms with E-state index in [1.54, 1.807) is 0 Å². The zero-order chi connectivity index (χ0) is 15.4. The summed E-state index contributed by atoms with van der Waals surface area (Å²) in [6.07, 6.45) is 0.264. The number of benzene rings is 1. The molecule has 1 aromatic heterocycles. The van der Waals surface area contributed by atoms with E-state index in [1.165, 1.54) is 0 Å². The predicted molar refractivity (Wildman–Crippen MR) is 85.5 cm³/mol. The highest BCUT2D eigenvalue weighted by atomic mass is 16.5. The molecular weight excluding hydrogens is 278 g/mol. The SMILES string of the molecule is CN(C)C[C@H]1CN(Cc2cc(-c3ccccc3)no2)CCO1. The lowest BCUT2D eigenvalue weighted by molar-refractivity contribution is -0.0426. The fourth-order valence-electron chi connectivity index (χ4n) is 2.79. The van der Waals surface area contributed by atoms with Gasteiger partial charge in [-0.05, 0) is 14.1 Å². The normalized spacial score (nSPS) is 19.7. The molecule has 0 bridgehead atoms. The van der Waals surface area contributed by atoms with Gasteiger partial charge in [0.2, 0.25) is 0 Å². The highest BCUT2D eigenvalue weighted by Crippen LogP contribution is 2.20. The number of ether oxygens (including phenoxy) is 1. The maximum atomic E-state index is 5.80. The molecule has 5 nitrogen and oxygen atoms in total. The summed E-state index contributed by atoms with van der Waals surface area (Å²) in [4.78, 5) is 4.53. The van der Waals surface area contributed by atoms with Gasteiger partial charge in [-0.1, -0.05) is 35.5 Å². The van der Waals surface area contributed by atoms with E-state index in [2.05, 4.69) is 29.1 Å². The van der Waals surface area contributed by atoms with Crippen molar-refractivity contribution >= 4 is 0 Å². The Morgan fingerprint density at radius 3 is 2.86 bits per heavy atom. The van der Waals surface area contributed by atoms with Gasteiger partial charge in [-0.15, -0.1) is 0 Å². The number of rotatable bonds is 5. The monoisotopic (exact) mass is 301 g/mol. The van der Waals surface area contributed by atoms with E-state index >= 15 is 0 Å². The zero-order valence-corrected chi connectivity index (χ0v) is 13.2. The molecule has 22 heavy (non-hydrogen) atoms. The van der Waals surface area contributed by atoms with Gasteiger partial charge in [0.1, 0.15) is 5.69 Å². The van der Waals surface area contributed by atoms with Crippen LogP contribution in [-0.2, 0) is 11.3 Å². The van der Waals surface area contributed by atoms with Gasteiger partial charge < -0.3 is 14.2 Å². The molecule has 2 aromatic rings. The average molecular weight is 301 g/mol. The number of likely N-dealkylation sites (N-methyl/N-ethyl adjacent to an activating group) is 1. The highest BCUT2D eigenvalue weighted by Gasteiger charge is 2.22. The smallest absolute Gasteiger partial charge is 0.151 e. The summed E-state index contributed by atoms with van der Waals surface area (Å²) in [6, 6.07) is 12.1. The summed E-state index contributed by atoms with van der Waals surface area (Å²) in [5.41, 5.74) is 1.98. The molecule has 1 fully saturated rings. The molecular formula is C17H23N3O2. The molecule has 118 valence electrons. The quantitative estimate of drug-likeness (QED) is 0.846. The van der Waals surface area contributed by atoms with E-state index in [0.29, 0.717) is 0 Å². The van der Waals surface area contributed by atoms with Crippen molar-refractivity contribution in [2.24, 2.45) is 0 Å². The van der Waals surface area contributed by atoms with Crippen LogP contribution in [0.3, 0.4) is 0 Å². The van der Waals surface area contributed by atoms with Crippen LogP contribution in [0.15, 0.2) is 40.9 Å². The van der Waals surface area contributed by atoms with E-state index in [9.17, 15) is 0 Å². The third kappa shape index (κ3) is 3.94. The molecule has 0 radical (unpaired) electrons. The predicted octanol–water partition coefficient (Wildman–Crippen LogP) is 2.10. The number of aromatic nitrogens is 1. The average Bonchev–Trinajstić information content (AvgIpc) is 2.96. The topological polar surface area (TPSA) is 41.7 Å². The summed E-state index contributed by atoms with van der Waals surface area (Å²) < 4.78 is 11.3. The molecule has 5 heteroatoms. The van der Waals surface area contributed by atoms with Crippen LogP contribution in [0, 0.1) is 0 Å². The molecule has 0 saturated carbocycles. The molecule has 0 unspecified atom stereocenters. The molecule has 1 aliphatic heterocycles. The lowest BCUT2D eigenvalue weighted by Gasteiger charge is -2.33. The third-order valence-electron chi connectivity index (χ3n) is 3.80. The second-order valence-electron chi connectivity index (χ2n) is 6.03. The van der Waals surface area contributed by atoms with Crippen LogP contribution < -0.4 is 0 Å². The molecule has 1 saturated heterocycles. The van der Waals surface area contributed by atoms with E-state index in [-0.39, 0.29) is 6.10 Å². The second-order valence-corrected chi connectivity index (χ2v) is 6.03. The van der Waals surface area contributed by atoms with Gasteiger partial charge in [-0.2, -0.15) is 0 Å². The minimum atomic E-state index is 0.264. The van der Waals surface area contributed by atoms with Gasteiger partial charge in [0, 0.05) is 31.3 Å². The van der Waals surface area contributed by atoms with Crippen LogP contribution in [0.2, 0.25) is 0 Å². The zero-order valence-electron chi connectivity index (χ0n) is 13.2. The molecule has 0 amide bonds. The van der Waals surface area contributed by atoms with Gasteiger partial charge in [0.15, 0.2) is 5.76 Å². The van der Waals surface area contributed by atoms with Crippen molar-refractivity contribution in [2.45, 2.75) is 12.6 Å². The first kappa shape index (κ1) is 15.2. The van der Waals surface area contributed by atoms with E-state index < -0.39 is 0 Å². The molecule has 0 N–H and O–H groups in total. The first-order valence-electron chi connectivity index (χ1n) is 7.70. The minimum Gasteiger partial charge on any atom is -0.374 e. The largest absolute Gasteiger partial charge is 0.374 e. The fraction of sp³-hybridized carbons (Fsp3) is 0.471. The Hall–Kier alpha value is -1.69. The first-order chi connectivity index (χ1) is 10.7. The number of nitrogens with zero attached hydrogens (tertiary/aromatic N) is 3. The molecule has 1 aliphatic rings. The third-order valence-corrected chi connectivity index (χ3v) is 3.80. The lowest BCUT2D eigenvalue weighted by atomic mass is 10.1. The van der Waals surface area contributed by atoms with Crippen molar-refractivity contribution in [3.63, 3.8) is 0 Å². The summed E-state index contributed by atoms with van der Waals surface area (Å²) in [5.74, 6) is 0.907. The van der Waals surface area contributed by atoms with Crippen LogP contribution in [0.4, 0.5) is 0 Å². The number of hydrogen-bond donors (Lipinski definition) is 0. The summed E-state index contributed by atoms with van der Waals surface area (Å²) in [5, 5.41) is 4.18. The van der Waals surface area contributed by atoms with Crippen molar-refractivity contribution in [1.82, 2.24) is 15.0 Å². The second kappa shape index (κ2) is 7.05. The summed E-state index contributed by atoms with van der Waals surface area (Å²) in [7, 11) is 4.15. The molecule has 1 atom stereocenters. The lowest BCUT2D eigenvalue weighted by Crippen LogP contribution is -2.45. The molecule has 0 spiro atoms. The van der Waals surface area contributed by atoms with Crippen LogP contribution in [0.1, 0.15) is 5.76 Å². The Morgan fingerprint density at radius 1 is 1.27 bits per heavy atom. The minimum absolute atomic E-state index is 0.264. The highest BCUT2D eigenvalue weighted by molar-refractivity contribution is 5.58. The molecule has 1 aromatic carbocycles. The summed E-state index contributed by atoms with van der Waals surface area (Å²) >= 11 is 0. The van der Waals surface area contributed by atoms with Crippen LogP contribution in [0.5, 0.6) is 0 Å². The first-order valence-corrected chi connectivity index (χ1v) is 7.70. The van der Waals surface area contributed by atoms with Crippen molar-refractivity contribution < 1.29 is 9.26 Å². The van der Waals surface area contributed by atoms with Gasteiger partial charge in [-0.25, -0.2) is 0 Å². The Bertz CT molecular complexity index is 583. The Morgan fingerprint density at radius 2 is 2.09 bits per heavy atom. The Kier molecular flexibility index (Phi) is 4.87. The molecule has 0 aliphatic carbocycles. The van der Waals surface area contributed by atoms with Crippen molar-refractivity contribution in [2.75, 3.05) is 40.3 Å². The fourth-order valence-corrected chi connectivity index (χ4v) is 2.79. The Labute approximate surface area is 131 Å². The van der Waals surface area contributed by atoms with E-state index in [0.717, 1.165) is 49.8 Å². The summed E-state index contributed by atoms with van der Waals surface area (Å²) in [6.45, 7) is 4.37. The molecule has 3 rings (SSSR count). The van der Waals surface area contributed by atoms with Gasteiger partial charge >= 0.3 is 0 Å². The standard InChI is InChI=1S/C17H23N3O2/c1-19(2)11-16-13-20(8-9-21-16)12-15-10-17(18-22-15)14-6-4-3-5-7-14/h3-7,10,16H,8-9,11-13H2,1-2H3/t16-/m0/s1. The number of hydrogen-bond acceptors (Lipinski definition) is 5. The van der Waals surface area contributed by atoms with Gasteiger partial charge in [-0.3, -0.25) is 4.90 Å². The van der Waals surface area contributed by atoms with Gasteiger partial charge in [0.25, 0.3) is 0 Å². The van der Waals surface area contributed by atoms with Crippen LogP contribution in [-0.4, -0.2) is 61.4 Å². The maximum absolute atomic E-state index is 5.80. The van der Waals surface area contributed by atoms with Gasteiger partial charge in [0.05, 0.1) is 19.3 Å².